The standard InChI is InChI=1S/C25H32N6O2S/c1-17(2)31-23(8-9-26-31)30-19(4)14-21(20(30)5)6-7-24(32)28-10-12-29(13-11-28)25(33)15-22-27-18(3)16-34-22/h6-9,14,16-17H,10-13,15H2,1-5H3/b7-6+. The van der Waals surface area contributed by atoms with Gasteiger partial charge < -0.3 is 14.4 Å². The number of aryl methyl sites for hydroxylation is 2. The van der Waals surface area contributed by atoms with Gasteiger partial charge in [0.25, 0.3) is 0 Å². The lowest BCUT2D eigenvalue weighted by molar-refractivity contribution is -0.136. The molecule has 0 bridgehead atoms. The monoisotopic (exact) mass is 480 g/mol. The van der Waals surface area contributed by atoms with Crippen molar-refractivity contribution in [2.75, 3.05) is 26.2 Å². The lowest BCUT2D eigenvalue weighted by Gasteiger charge is -2.34. The van der Waals surface area contributed by atoms with E-state index in [1.807, 2.05) is 40.2 Å². The minimum Gasteiger partial charge on any atom is -0.339 e. The van der Waals surface area contributed by atoms with Crippen LogP contribution < -0.4 is 0 Å². The molecule has 1 aliphatic rings. The third-order valence-corrected chi connectivity index (χ3v) is 7.12. The number of carbonyl (C=O) groups is 2. The normalized spacial score (nSPS) is 14.5. The van der Waals surface area contributed by atoms with Crippen molar-refractivity contribution in [2.45, 2.75) is 47.1 Å². The van der Waals surface area contributed by atoms with Crippen LogP contribution in [0.1, 0.15) is 47.5 Å². The third kappa shape index (κ3) is 4.99. The Morgan fingerprint density at radius 3 is 2.47 bits per heavy atom. The van der Waals surface area contributed by atoms with E-state index in [-0.39, 0.29) is 17.9 Å². The quantitative estimate of drug-likeness (QED) is 0.506. The van der Waals surface area contributed by atoms with Gasteiger partial charge in [0.1, 0.15) is 10.8 Å². The summed E-state index contributed by atoms with van der Waals surface area (Å²) in [5.74, 6) is 1.06. The number of piperazine rings is 1. The summed E-state index contributed by atoms with van der Waals surface area (Å²) in [6.07, 6.45) is 5.68. The highest BCUT2D eigenvalue weighted by Gasteiger charge is 2.24. The predicted octanol–water partition coefficient (Wildman–Crippen LogP) is 3.56. The molecule has 0 N–H and O–H groups in total. The van der Waals surface area contributed by atoms with E-state index in [0.29, 0.717) is 32.6 Å². The molecule has 0 aromatic carbocycles. The highest BCUT2D eigenvalue weighted by atomic mass is 32.1. The number of rotatable bonds is 6. The van der Waals surface area contributed by atoms with Crippen LogP contribution in [0.25, 0.3) is 11.9 Å². The minimum absolute atomic E-state index is 0.0281. The topological polar surface area (TPSA) is 76.3 Å². The van der Waals surface area contributed by atoms with Crippen LogP contribution in [0.2, 0.25) is 0 Å². The predicted molar refractivity (Wildman–Crippen MR) is 134 cm³/mol. The fraction of sp³-hybridized carbons (Fsp3) is 0.440. The van der Waals surface area contributed by atoms with Gasteiger partial charge in [0.2, 0.25) is 11.8 Å². The number of aromatic nitrogens is 4. The molecular weight excluding hydrogens is 448 g/mol. The maximum Gasteiger partial charge on any atom is 0.246 e. The molecule has 34 heavy (non-hydrogen) atoms. The number of nitrogens with zero attached hydrogens (tertiary/aromatic N) is 6. The minimum atomic E-state index is -0.0281. The molecule has 0 atom stereocenters. The Morgan fingerprint density at radius 2 is 1.82 bits per heavy atom. The van der Waals surface area contributed by atoms with Crippen molar-refractivity contribution in [2.24, 2.45) is 0 Å². The van der Waals surface area contributed by atoms with Crippen LogP contribution in [-0.4, -0.2) is 67.1 Å². The third-order valence-electron chi connectivity index (χ3n) is 6.16. The molecule has 1 aliphatic heterocycles. The molecular formula is C25H32N6O2S. The SMILES string of the molecule is Cc1csc(CC(=O)N2CCN(C(=O)/C=C/c3cc(C)n(-c4ccnn4C(C)C)c3C)CC2)n1. The molecule has 8 nitrogen and oxygen atoms in total. The Bertz CT molecular complexity index is 1210. The molecule has 2 amide bonds. The Hall–Kier alpha value is -3.20. The lowest BCUT2D eigenvalue weighted by Crippen LogP contribution is -2.50. The van der Waals surface area contributed by atoms with Crippen LogP contribution in [0.5, 0.6) is 0 Å². The van der Waals surface area contributed by atoms with Crippen molar-refractivity contribution in [3.05, 3.63) is 57.4 Å². The van der Waals surface area contributed by atoms with Gasteiger partial charge in [-0.05, 0) is 52.3 Å². The summed E-state index contributed by atoms with van der Waals surface area (Å²) < 4.78 is 4.17. The van der Waals surface area contributed by atoms with Crippen molar-refractivity contribution in [1.82, 2.24) is 29.1 Å². The van der Waals surface area contributed by atoms with Crippen molar-refractivity contribution >= 4 is 29.2 Å². The maximum absolute atomic E-state index is 12.8. The number of hydrogen-bond donors (Lipinski definition) is 0. The van der Waals surface area contributed by atoms with Crippen LogP contribution in [-0.2, 0) is 16.0 Å². The molecule has 0 unspecified atom stereocenters. The summed E-state index contributed by atoms with van der Waals surface area (Å²) in [5, 5.41) is 7.25. The first kappa shape index (κ1) is 23.9. The molecule has 0 spiro atoms. The molecule has 4 rings (SSSR count). The van der Waals surface area contributed by atoms with Gasteiger partial charge in [0, 0.05) is 66.8 Å². The molecule has 0 aliphatic carbocycles. The van der Waals surface area contributed by atoms with Crippen molar-refractivity contribution in [1.29, 1.82) is 0 Å². The highest BCUT2D eigenvalue weighted by Crippen LogP contribution is 2.23. The van der Waals surface area contributed by atoms with Gasteiger partial charge in [-0.1, -0.05) is 0 Å². The first-order chi connectivity index (χ1) is 16.2. The van der Waals surface area contributed by atoms with Gasteiger partial charge >= 0.3 is 0 Å². The molecule has 0 saturated carbocycles. The van der Waals surface area contributed by atoms with Gasteiger partial charge in [-0.2, -0.15) is 5.10 Å². The summed E-state index contributed by atoms with van der Waals surface area (Å²) >= 11 is 1.52. The zero-order chi connectivity index (χ0) is 24.4. The molecule has 4 heterocycles. The van der Waals surface area contributed by atoms with E-state index in [1.165, 1.54) is 11.3 Å². The fourth-order valence-electron chi connectivity index (χ4n) is 4.36. The van der Waals surface area contributed by atoms with E-state index in [0.717, 1.165) is 33.5 Å². The summed E-state index contributed by atoms with van der Waals surface area (Å²) in [6, 6.07) is 4.35. The number of thiazole rings is 1. The number of amides is 2. The van der Waals surface area contributed by atoms with E-state index in [9.17, 15) is 9.59 Å². The number of carbonyl (C=O) groups excluding carboxylic acids is 2. The van der Waals surface area contributed by atoms with Crippen LogP contribution in [0.3, 0.4) is 0 Å². The molecule has 9 heteroatoms. The van der Waals surface area contributed by atoms with Crippen LogP contribution in [0, 0.1) is 20.8 Å². The van der Waals surface area contributed by atoms with Crippen LogP contribution in [0.4, 0.5) is 0 Å². The second-order valence-electron chi connectivity index (χ2n) is 8.99. The number of hydrogen-bond acceptors (Lipinski definition) is 5. The van der Waals surface area contributed by atoms with Gasteiger partial charge in [-0.25, -0.2) is 9.67 Å². The van der Waals surface area contributed by atoms with E-state index in [1.54, 1.807) is 11.0 Å². The molecule has 3 aromatic rings. The Morgan fingerprint density at radius 1 is 1.12 bits per heavy atom. The second kappa shape index (κ2) is 9.97. The Labute approximate surface area is 204 Å². The molecule has 1 saturated heterocycles. The average Bonchev–Trinajstić information content (AvgIpc) is 3.51. The van der Waals surface area contributed by atoms with Gasteiger partial charge in [0.05, 0.1) is 12.6 Å². The summed E-state index contributed by atoms with van der Waals surface area (Å²) in [5.41, 5.74) is 4.11. The largest absolute Gasteiger partial charge is 0.339 e. The smallest absolute Gasteiger partial charge is 0.246 e. The van der Waals surface area contributed by atoms with Crippen molar-refractivity contribution in [3.8, 4) is 5.82 Å². The Balaban J connectivity index is 1.37. The van der Waals surface area contributed by atoms with E-state index in [2.05, 4.69) is 48.4 Å². The second-order valence-corrected chi connectivity index (χ2v) is 9.93. The average molecular weight is 481 g/mol. The fourth-order valence-corrected chi connectivity index (χ4v) is 5.12. The molecule has 180 valence electrons. The van der Waals surface area contributed by atoms with Crippen molar-refractivity contribution < 1.29 is 9.59 Å². The van der Waals surface area contributed by atoms with E-state index >= 15 is 0 Å². The van der Waals surface area contributed by atoms with E-state index < -0.39 is 0 Å². The molecule has 3 aromatic heterocycles. The molecule has 1 fully saturated rings. The maximum atomic E-state index is 12.8. The summed E-state index contributed by atoms with van der Waals surface area (Å²) in [7, 11) is 0. The first-order valence-electron chi connectivity index (χ1n) is 11.6. The van der Waals surface area contributed by atoms with Gasteiger partial charge in [-0.3, -0.25) is 9.59 Å². The summed E-state index contributed by atoms with van der Waals surface area (Å²) in [4.78, 5) is 33.4. The van der Waals surface area contributed by atoms with Crippen LogP contribution in [0.15, 0.2) is 29.8 Å². The first-order valence-corrected chi connectivity index (χ1v) is 12.5. The Kier molecular flexibility index (Phi) is 7.02. The summed E-state index contributed by atoms with van der Waals surface area (Å²) in [6.45, 7) is 12.5. The molecule has 0 radical (unpaired) electrons. The highest BCUT2D eigenvalue weighted by molar-refractivity contribution is 7.09. The lowest BCUT2D eigenvalue weighted by atomic mass is 10.2. The van der Waals surface area contributed by atoms with Gasteiger partial charge in [-0.15, -0.1) is 11.3 Å². The van der Waals surface area contributed by atoms with Gasteiger partial charge in [0.15, 0.2) is 0 Å². The zero-order valence-corrected chi connectivity index (χ0v) is 21.3. The van der Waals surface area contributed by atoms with Crippen LogP contribution >= 0.6 is 11.3 Å². The zero-order valence-electron chi connectivity index (χ0n) is 20.5. The van der Waals surface area contributed by atoms with Crippen molar-refractivity contribution in [3.63, 3.8) is 0 Å². The van der Waals surface area contributed by atoms with E-state index in [4.69, 9.17) is 0 Å².